The van der Waals surface area contributed by atoms with E-state index < -0.39 is 23.5 Å². The fourth-order valence-corrected chi connectivity index (χ4v) is 3.96. The van der Waals surface area contributed by atoms with Crippen LogP contribution in [0.2, 0.25) is 0 Å². The topological polar surface area (TPSA) is 87.9 Å². The molecule has 1 saturated carbocycles. The van der Waals surface area contributed by atoms with Crippen LogP contribution in [0.15, 0.2) is 33.5 Å². The zero-order valence-corrected chi connectivity index (χ0v) is 15.1. The zero-order chi connectivity index (χ0) is 19.1. The van der Waals surface area contributed by atoms with Gasteiger partial charge in [-0.1, -0.05) is 31.4 Å². The molecule has 0 unspecified atom stereocenters. The van der Waals surface area contributed by atoms with Gasteiger partial charge in [-0.3, -0.25) is 19.4 Å². The second-order valence-electron chi connectivity index (χ2n) is 7.23. The maximum atomic E-state index is 12.8. The largest absolute Gasteiger partial charge is 0.423 e. The Morgan fingerprint density at radius 3 is 2.48 bits per heavy atom. The number of nitrogens with zero attached hydrogens (tertiary/aromatic N) is 2. The Kier molecular flexibility index (Phi) is 4.30. The summed E-state index contributed by atoms with van der Waals surface area (Å²) in [6, 6.07) is 5.84. The number of aryl methyl sites for hydroxylation is 1. The number of carbonyl (C=O) groups is 3. The lowest BCUT2D eigenvalue weighted by Gasteiger charge is -2.28. The number of urea groups is 1. The van der Waals surface area contributed by atoms with Crippen LogP contribution in [0.1, 0.15) is 43.2 Å². The molecule has 2 aliphatic rings. The van der Waals surface area contributed by atoms with E-state index in [0.29, 0.717) is 16.5 Å². The SMILES string of the molecule is Cc1ccc2c(CN3C(=O)C(=O)N(C4CCCCC4)C3=O)cc(=O)oc2c1. The number of fused-ring (bicyclic) bond motifs is 1. The van der Waals surface area contributed by atoms with Gasteiger partial charge in [-0.05, 0) is 37.0 Å². The molecular weight excluding hydrogens is 348 g/mol. The summed E-state index contributed by atoms with van der Waals surface area (Å²) >= 11 is 0. The van der Waals surface area contributed by atoms with Crippen molar-refractivity contribution in [3.05, 3.63) is 45.8 Å². The van der Waals surface area contributed by atoms with Crippen LogP contribution in [0.4, 0.5) is 4.79 Å². The van der Waals surface area contributed by atoms with Crippen LogP contribution in [0, 0.1) is 6.92 Å². The predicted octanol–water partition coefficient (Wildman–Crippen LogP) is 2.72. The van der Waals surface area contributed by atoms with Gasteiger partial charge in [0.15, 0.2) is 0 Å². The third-order valence-corrected chi connectivity index (χ3v) is 5.34. The van der Waals surface area contributed by atoms with Crippen LogP contribution in [0.3, 0.4) is 0 Å². The Bertz CT molecular complexity index is 1000. The van der Waals surface area contributed by atoms with Gasteiger partial charge < -0.3 is 4.42 Å². The summed E-state index contributed by atoms with van der Waals surface area (Å²) in [7, 11) is 0. The highest BCUT2D eigenvalue weighted by molar-refractivity contribution is 6.44. The van der Waals surface area contributed by atoms with Crippen LogP contribution < -0.4 is 5.63 Å². The van der Waals surface area contributed by atoms with Crippen molar-refractivity contribution in [2.24, 2.45) is 0 Å². The average Bonchev–Trinajstić information content (AvgIpc) is 2.85. The van der Waals surface area contributed by atoms with Crippen LogP contribution >= 0.6 is 0 Å². The molecule has 4 rings (SSSR count). The number of carbonyl (C=O) groups excluding carboxylic acids is 3. The molecule has 1 aromatic heterocycles. The van der Waals surface area contributed by atoms with Crippen molar-refractivity contribution < 1.29 is 18.8 Å². The summed E-state index contributed by atoms with van der Waals surface area (Å²) in [5.74, 6) is -1.60. The Balaban J connectivity index is 1.67. The summed E-state index contributed by atoms with van der Waals surface area (Å²) in [6.45, 7) is 1.75. The van der Waals surface area contributed by atoms with E-state index >= 15 is 0 Å². The first-order valence-corrected chi connectivity index (χ1v) is 9.18. The van der Waals surface area contributed by atoms with Gasteiger partial charge >= 0.3 is 23.5 Å². The lowest BCUT2D eigenvalue weighted by atomic mass is 9.94. The van der Waals surface area contributed by atoms with Gasteiger partial charge in [-0.25, -0.2) is 9.59 Å². The Morgan fingerprint density at radius 1 is 1.00 bits per heavy atom. The van der Waals surface area contributed by atoms with E-state index in [2.05, 4.69) is 0 Å². The molecule has 1 aliphatic carbocycles. The van der Waals surface area contributed by atoms with E-state index in [1.165, 1.54) is 6.07 Å². The smallest absolute Gasteiger partial charge is 0.336 e. The van der Waals surface area contributed by atoms with Gasteiger partial charge in [0.1, 0.15) is 5.58 Å². The quantitative estimate of drug-likeness (QED) is 0.472. The number of benzene rings is 1. The van der Waals surface area contributed by atoms with Crippen molar-refractivity contribution in [1.82, 2.24) is 9.80 Å². The van der Waals surface area contributed by atoms with Gasteiger partial charge in [-0.15, -0.1) is 0 Å². The molecule has 0 spiro atoms. The van der Waals surface area contributed by atoms with E-state index in [9.17, 15) is 19.2 Å². The second-order valence-corrected chi connectivity index (χ2v) is 7.23. The molecule has 0 atom stereocenters. The first-order chi connectivity index (χ1) is 13.0. The molecule has 2 aromatic rings. The molecule has 4 amide bonds. The molecule has 7 nitrogen and oxygen atoms in total. The molecule has 0 N–H and O–H groups in total. The molecule has 0 bridgehead atoms. The molecular formula is C20H20N2O5. The van der Waals surface area contributed by atoms with Crippen LogP contribution in [-0.4, -0.2) is 33.7 Å². The first-order valence-electron chi connectivity index (χ1n) is 9.18. The maximum Gasteiger partial charge on any atom is 0.336 e. The minimum absolute atomic E-state index is 0.127. The molecule has 2 fully saturated rings. The third kappa shape index (κ3) is 3.03. The second kappa shape index (κ2) is 6.64. The monoisotopic (exact) mass is 368 g/mol. The average molecular weight is 368 g/mol. The van der Waals surface area contributed by atoms with Gasteiger partial charge in [0.25, 0.3) is 0 Å². The Labute approximate surface area is 155 Å². The summed E-state index contributed by atoms with van der Waals surface area (Å²) in [4.78, 5) is 51.6. The standard InChI is InChI=1S/C20H20N2O5/c1-12-7-8-15-13(10-17(23)27-16(15)9-12)11-21-18(24)19(25)22(20(21)26)14-5-3-2-4-6-14/h7-10,14H,2-6,11H2,1H3. The number of hydrogen-bond acceptors (Lipinski definition) is 5. The number of hydrogen-bond donors (Lipinski definition) is 0. The summed E-state index contributed by atoms with van der Waals surface area (Å²) in [6.07, 6.45) is 4.43. The molecule has 1 aliphatic heterocycles. The highest BCUT2D eigenvalue weighted by Gasteiger charge is 2.47. The molecule has 140 valence electrons. The van der Waals surface area contributed by atoms with E-state index in [-0.39, 0.29) is 12.6 Å². The Hall–Kier alpha value is -2.96. The van der Waals surface area contributed by atoms with Crippen LogP contribution in [0.5, 0.6) is 0 Å². The summed E-state index contributed by atoms with van der Waals surface area (Å²) in [5.41, 5.74) is 1.25. The molecule has 1 saturated heterocycles. The number of amides is 4. The molecule has 0 radical (unpaired) electrons. The van der Waals surface area contributed by atoms with Gasteiger partial charge in [0.2, 0.25) is 0 Å². The van der Waals surface area contributed by atoms with Crippen molar-refractivity contribution in [2.75, 3.05) is 0 Å². The van der Waals surface area contributed by atoms with Crippen molar-refractivity contribution in [1.29, 1.82) is 0 Å². The van der Waals surface area contributed by atoms with E-state index in [1.54, 1.807) is 12.1 Å². The summed E-state index contributed by atoms with van der Waals surface area (Å²) in [5, 5.41) is 0.643. The highest BCUT2D eigenvalue weighted by Crippen LogP contribution is 2.28. The third-order valence-electron chi connectivity index (χ3n) is 5.34. The maximum absolute atomic E-state index is 12.8. The minimum atomic E-state index is -0.834. The first kappa shape index (κ1) is 17.5. The normalized spacial score (nSPS) is 18.8. The molecule has 1 aromatic carbocycles. The molecule has 2 heterocycles. The van der Waals surface area contributed by atoms with E-state index in [1.807, 2.05) is 13.0 Å². The van der Waals surface area contributed by atoms with Crippen LogP contribution in [0.25, 0.3) is 11.0 Å². The van der Waals surface area contributed by atoms with Crippen molar-refractivity contribution in [3.63, 3.8) is 0 Å². The predicted molar refractivity (Wildman–Crippen MR) is 96.9 cm³/mol. The molecule has 7 heteroatoms. The summed E-state index contributed by atoms with van der Waals surface area (Å²) < 4.78 is 5.22. The fourth-order valence-electron chi connectivity index (χ4n) is 3.96. The van der Waals surface area contributed by atoms with Gasteiger partial charge in [0.05, 0.1) is 6.54 Å². The lowest BCUT2D eigenvalue weighted by Crippen LogP contribution is -2.42. The number of rotatable bonds is 3. The van der Waals surface area contributed by atoms with Gasteiger partial charge in [-0.2, -0.15) is 0 Å². The Morgan fingerprint density at radius 2 is 1.74 bits per heavy atom. The highest BCUT2D eigenvalue weighted by atomic mass is 16.4. The fraction of sp³-hybridized carbons (Fsp3) is 0.400. The van der Waals surface area contributed by atoms with Crippen LogP contribution in [-0.2, 0) is 16.1 Å². The lowest BCUT2D eigenvalue weighted by molar-refractivity contribution is -0.144. The number of imide groups is 2. The zero-order valence-electron chi connectivity index (χ0n) is 15.1. The van der Waals surface area contributed by atoms with E-state index in [4.69, 9.17) is 4.42 Å². The minimum Gasteiger partial charge on any atom is -0.423 e. The van der Waals surface area contributed by atoms with Crippen molar-refractivity contribution in [2.45, 2.75) is 51.6 Å². The van der Waals surface area contributed by atoms with Gasteiger partial charge in [0, 0.05) is 17.5 Å². The molecule has 27 heavy (non-hydrogen) atoms. The van der Waals surface area contributed by atoms with E-state index in [0.717, 1.165) is 47.5 Å². The van der Waals surface area contributed by atoms with Crippen molar-refractivity contribution >= 4 is 28.8 Å². The van der Waals surface area contributed by atoms with Crippen molar-refractivity contribution in [3.8, 4) is 0 Å².